The van der Waals surface area contributed by atoms with Gasteiger partial charge in [-0.2, -0.15) is 0 Å². The maximum absolute atomic E-state index is 12.5. The molecule has 23 heavy (non-hydrogen) atoms. The van der Waals surface area contributed by atoms with Gasteiger partial charge < -0.3 is 10.2 Å². The third kappa shape index (κ3) is 3.71. The second-order valence-electron chi connectivity index (χ2n) is 5.47. The molecular formula is C16H16ClN3O2S. The number of nitrogens with zero attached hydrogens (tertiary/aromatic N) is 2. The van der Waals surface area contributed by atoms with Crippen molar-refractivity contribution in [3.05, 3.63) is 45.9 Å². The van der Waals surface area contributed by atoms with Crippen LogP contribution in [0, 0.1) is 6.92 Å². The van der Waals surface area contributed by atoms with Crippen LogP contribution >= 0.6 is 22.9 Å². The maximum atomic E-state index is 12.5. The molecule has 2 heterocycles. The van der Waals surface area contributed by atoms with E-state index >= 15 is 0 Å². The van der Waals surface area contributed by atoms with Gasteiger partial charge in [-0.1, -0.05) is 23.7 Å². The minimum atomic E-state index is -0.456. The Morgan fingerprint density at radius 1 is 1.43 bits per heavy atom. The van der Waals surface area contributed by atoms with Crippen molar-refractivity contribution in [1.82, 2.24) is 9.88 Å². The van der Waals surface area contributed by atoms with Crippen LogP contribution in [0.3, 0.4) is 0 Å². The highest BCUT2D eigenvalue weighted by Gasteiger charge is 2.36. The van der Waals surface area contributed by atoms with Gasteiger partial charge in [0, 0.05) is 29.1 Å². The number of anilines is 1. The number of thiazole rings is 1. The number of likely N-dealkylation sites (tertiary alicyclic amines) is 1. The Hall–Kier alpha value is -1.92. The summed E-state index contributed by atoms with van der Waals surface area (Å²) in [6.07, 6.45) is 2.64. The molecule has 1 unspecified atom stereocenters. The van der Waals surface area contributed by atoms with E-state index in [4.69, 9.17) is 11.6 Å². The smallest absolute Gasteiger partial charge is 0.248 e. The van der Waals surface area contributed by atoms with Crippen molar-refractivity contribution in [3.63, 3.8) is 0 Å². The molecule has 120 valence electrons. The van der Waals surface area contributed by atoms with E-state index in [9.17, 15) is 9.59 Å². The average molecular weight is 350 g/mol. The van der Waals surface area contributed by atoms with Gasteiger partial charge >= 0.3 is 0 Å². The summed E-state index contributed by atoms with van der Waals surface area (Å²) in [6.45, 7) is 2.34. The first-order valence-electron chi connectivity index (χ1n) is 7.30. The molecule has 1 saturated heterocycles. The van der Waals surface area contributed by atoms with Crippen molar-refractivity contribution in [3.8, 4) is 0 Å². The van der Waals surface area contributed by atoms with Gasteiger partial charge in [-0.25, -0.2) is 4.98 Å². The van der Waals surface area contributed by atoms with Gasteiger partial charge in [-0.3, -0.25) is 9.59 Å². The molecule has 1 aromatic carbocycles. The predicted molar refractivity (Wildman–Crippen MR) is 90.5 cm³/mol. The van der Waals surface area contributed by atoms with E-state index in [1.54, 1.807) is 23.2 Å². The lowest BCUT2D eigenvalue weighted by molar-refractivity contribution is -0.133. The Balaban J connectivity index is 1.71. The van der Waals surface area contributed by atoms with Crippen LogP contribution in [0.25, 0.3) is 0 Å². The van der Waals surface area contributed by atoms with Crippen molar-refractivity contribution < 1.29 is 9.59 Å². The van der Waals surface area contributed by atoms with Gasteiger partial charge in [0.25, 0.3) is 0 Å². The molecule has 7 heteroatoms. The number of aryl methyl sites for hydroxylation is 1. The van der Waals surface area contributed by atoms with E-state index in [2.05, 4.69) is 10.3 Å². The summed E-state index contributed by atoms with van der Waals surface area (Å²) < 4.78 is 0. The summed E-state index contributed by atoms with van der Waals surface area (Å²) in [5.74, 6) is -0.186. The van der Waals surface area contributed by atoms with Gasteiger partial charge in [0.15, 0.2) is 5.13 Å². The summed E-state index contributed by atoms with van der Waals surface area (Å²) in [5.41, 5.74) is 0.951. The first kappa shape index (κ1) is 16.0. The third-order valence-electron chi connectivity index (χ3n) is 3.75. The fraction of sp³-hybridized carbons (Fsp3) is 0.312. The lowest BCUT2D eigenvalue weighted by Crippen LogP contribution is -2.41. The Labute approximate surface area is 143 Å². The number of halogens is 1. The predicted octanol–water partition coefficient (Wildman–Crippen LogP) is 3.23. The first-order chi connectivity index (χ1) is 11.0. The molecule has 0 bridgehead atoms. The summed E-state index contributed by atoms with van der Waals surface area (Å²) in [5, 5.41) is 4.02. The van der Waals surface area contributed by atoms with Crippen LogP contribution in [-0.4, -0.2) is 27.7 Å². The average Bonchev–Trinajstić information content (AvgIpc) is 3.08. The molecular weight excluding hydrogens is 334 g/mol. The Bertz CT molecular complexity index is 729. The van der Waals surface area contributed by atoms with Gasteiger partial charge in [-0.15, -0.1) is 11.3 Å². The zero-order valence-corrected chi connectivity index (χ0v) is 14.2. The van der Waals surface area contributed by atoms with Crippen molar-refractivity contribution in [1.29, 1.82) is 0 Å². The summed E-state index contributed by atoms with van der Waals surface area (Å²) in [4.78, 5) is 31.4. The van der Waals surface area contributed by atoms with Gasteiger partial charge in [0.2, 0.25) is 11.8 Å². The second-order valence-corrected chi connectivity index (χ2v) is 7.14. The largest absolute Gasteiger partial charge is 0.326 e. The number of carbonyl (C=O) groups is 2. The Kier molecular flexibility index (Phi) is 4.63. The van der Waals surface area contributed by atoms with Crippen molar-refractivity contribution in [2.24, 2.45) is 0 Å². The zero-order chi connectivity index (χ0) is 16.4. The van der Waals surface area contributed by atoms with Crippen molar-refractivity contribution in [2.75, 3.05) is 5.32 Å². The normalized spacial score (nSPS) is 17.6. The number of amides is 2. The molecule has 0 spiro atoms. The van der Waals surface area contributed by atoms with Crippen LogP contribution in [0.4, 0.5) is 5.13 Å². The van der Waals surface area contributed by atoms with E-state index in [1.807, 2.05) is 19.1 Å². The van der Waals surface area contributed by atoms with Crippen molar-refractivity contribution in [2.45, 2.75) is 32.4 Å². The van der Waals surface area contributed by atoms with E-state index in [-0.39, 0.29) is 11.8 Å². The molecule has 1 fully saturated rings. The maximum Gasteiger partial charge on any atom is 0.248 e. The lowest BCUT2D eigenvalue weighted by atomic mass is 10.1. The number of carbonyl (C=O) groups excluding carboxylic acids is 2. The van der Waals surface area contributed by atoms with Crippen LogP contribution in [0.2, 0.25) is 5.02 Å². The van der Waals surface area contributed by atoms with E-state index in [0.29, 0.717) is 29.5 Å². The molecule has 2 amide bonds. The molecule has 1 N–H and O–H groups in total. The molecule has 2 aromatic rings. The number of hydrogen-bond acceptors (Lipinski definition) is 4. The highest BCUT2D eigenvalue weighted by Crippen LogP contribution is 2.24. The van der Waals surface area contributed by atoms with Crippen LogP contribution in [0.1, 0.15) is 23.3 Å². The summed E-state index contributed by atoms with van der Waals surface area (Å²) in [7, 11) is 0. The SMILES string of the molecule is Cc1cnc(NC(=O)C2CCC(=O)N2Cc2ccc(Cl)cc2)s1. The lowest BCUT2D eigenvalue weighted by Gasteiger charge is -2.23. The highest BCUT2D eigenvalue weighted by molar-refractivity contribution is 7.15. The number of benzene rings is 1. The molecule has 1 aliphatic rings. The minimum absolute atomic E-state index is 0.00424. The van der Waals surface area contributed by atoms with Gasteiger partial charge in [-0.05, 0) is 31.0 Å². The summed E-state index contributed by atoms with van der Waals surface area (Å²) in [6, 6.07) is 6.85. The highest BCUT2D eigenvalue weighted by atomic mass is 35.5. The van der Waals surface area contributed by atoms with Crippen LogP contribution in [0.15, 0.2) is 30.5 Å². The zero-order valence-electron chi connectivity index (χ0n) is 12.6. The summed E-state index contributed by atoms with van der Waals surface area (Å²) >= 11 is 7.30. The van der Waals surface area contributed by atoms with Gasteiger partial charge in [0.05, 0.1) is 0 Å². The number of hydrogen-bond donors (Lipinski definition) is 1. The Morgan fingerprint density at radius 2 is 2.17 bits per heavy atom. The molecule has 0 aliphatic carbocycles. The monoisotopic (exact) mass is 349 g/mol. The molecule has 3 rings (SSSR count). The third-order valence-corrected chi connectivity index (χ3v) is 4.83. The second kappa shape index (κ2) is 6.68. The topological polar surface area (TPSA) is 62.3 Å². The molecule has 1 atom stereocenters. The number of nitrogens with one attached hydrogen (secondary N) is 1. The molecule has 1 aromatic heterocycles. The molecule has 5 nitrogen and oxygen atoms in total. The quantitative estimate of drug-likeness (QED) is 0.921. The van der Waals surface area contributed by atoms with Crippen molar-refractivity contribution >= 4 is 39.9 Å². The Morgan fingerprint density at radius 3 is 2.83 bits per heavy atom. The van der Waals surface area contributed by atoms with Crippen LogP contribution in [-0.2, 0) is 16.1 Å². The molecule has 0 saturated carbocycles. The minimum Gasteiger partial charge on any atom is -0.326 e. The standard InChI is InChI=1S/C16H16ClN3O2S/c1-10-8-18-16(23-10)19-15(22)13-6-7-14(21)20(13)9-11-2-4-12(17)5-3-11/h2-5,8,13H,6-7,9H2,1H3,(H,18,19,22). The first-order valence-corrected chi connectivity index (χ1v) is 8.49. The molecule has 1 aliphatic heterocycles. The van der Waals surface area contributed by atoms with E-state index in [0.717, 1.165) is 10.4 Å². The van der Waals surface area contributed by atoms with E-state index in [1.165, 1.54) is 11.3 Å². The number of aromatic nitrogens is 1. The van der Waals surface area contributed by atoms with Crippen LogP contribution < -0.4 is 5.32 Å². The van der Waals surface area contributed by atoms with Gasteiger partial charge in [0.1, 0.15) is 6.04 Å². The molecule has 0 radical (unpaired) electrons. The fourth-order valence-corrected chi connectivity index (χ4v) is 3.39. The van der Waals surface area contributed by atoms with Crippen LogP contribution in [0.5, 0.6) is 0 Å². The fourth-order valence-electron chi connectivity index (χ4n) is 2.59. The van der Waals surface area contributed by atoms with E-state index < -0.39 is 6.04 Å². The number of rotatable bonds is 4.